The average molecular weight is 225 g/mol. The second-order valence-electron chi connectivity index (χ2n) is 4.22. The molecule has 0 saturated carbocycles. The Hall–Kier alpha value is -1.43. The molecule has 1 rings (SSSR count). The predicted molar refractivity (Wildman–Crippen MR) is 60.3 cm³/mol. The Kier molecular flexibility index (Phi) is 4.42. The Bertz CT molecular complexity index is 347. The van der Waals surface area contributed by atoms with Crippen LogP contribution in [0.5, 0.6) is 0 Å². The van der Waals surface area contributed by atoms with Crippen LogP contribution in [0.3, 0.4) is 0 Å². The predicted octanol–water partition coefficient (Wildman–Crippen LogP) is -0.195. The summed E-state index contributed by atoms with van der Waals surface area (Å²) in [5.74, 6) is 0.848. The minimum Gasteiger partial charge on any atom is -0.349 e. The minimum atomic E-state index is -0.100. The van der Waals surface area contributed by atoms with Crippen molar-refractivity contribution < 1.29 is 4.79 Å². The lowest BCUT2D eigenvalue weighted by atomic mass is 10.0. The van der Waals surface area contributed by atoms with Crippen molar-refractivity contribution in [3.05, 3.63) is 12.2 Å². The SMILES string of the molecule is CC(C)C(N)CC(=O)NCc1ncn(C)n1. The fraction of sp³-hybridized carbons (Fsp3) is 0.700. The Morgan fingerprint density at radius 3 is 2.81 bits per heavy atom. The molecule has 1 atom stereocenters. The van der Waals surface area contributed by atoms with Gasteiger partial charge in [-0.25, -0.2) is 4.98 Å². The topological polar surface area (TPSA) is 85.8 Å². The van der Waals surface area contributed by atoms with Crippen LogP contribution in [-0.2, 0) is 18.4 Å². The molecular formula is C10H19N5O. The van der Waals surface area contributed by atoms with Crippen LogP contribution in [0, 0.1) is 5.92 Å². The van der Waals surface area contributed by atoms with Gasteiger partial charge in [0.15, 0.2) is 5.82 Å². The highest BCUT2D eigenvalue weighted by Gasteiger charge is 2.12. The molecule has 0 saturated heterocycles. The molecule has 1 amide bonds. The van der Waals surface area contributed by atoms with E-state index in [1.807, 2.05) is 13.8 Å². The van der Waals surface area contributed by atoms with Crippen molar-refractivity contribution in [1.82, 2.24) is 20.1 Å². The average Bonchev–Trinajstić information content (AvgIpc) is 2.61. The summed E-state index contributed by atoms with van der Waals surface area (Å²) in [6.07, 6.45) is 1.94. The van der Waals surface area contributed by atoms with Crippen LogP contribution in [-0.4, -0.2) is 26.7 Å². The van der Waals surface area contributed by atoms with Gasteiger partial charge in [0.1, 0.15) is 6.33 Å². The number of carbonyl (C=O) groups is 1. The fourth-order valence-electron chi connectivity index (χ4n) is 1.16. The van der Waals surface area contributed by atoms with Gasteiger partial charge < -0.3 is 11.1 Å². The van der Waals surface area contributed by atoms with Crippen molar-refractivity contribution in [3.8, 4) is 0 Å². The number of nitrogens with one attached hydrogen (secondary N) is 1. The fourth-order valence-corrected chi connectivity index (χ4v) is 1.16. The zero-order valence-corrected chi connectivity index (χ0v) is 9.97. The van der Waals surface area contributed by atoms with E-state index >= 15 is 0 Å². The largest absolute Gasteiger partial charge is 0.349 e. The Morgan fingerprint density at radius 1 is 1.62 bits per heavy atom. The number of aryl methyl sites for hydroxylation is 1. The summed E-state index contributed by atoms with van der Waals surface area (Å²) in [5.41, 5.74) is 5.79. The molecule has 6 nitrogen and oxygen atoms in total. The number of hydrogen-bond acceptors (Lipinski definition) is 4. The first-order chi connectivity index (χ1) is 7.49. The van der Waals surface area contributed by atoms with Crippen LogP contribution >= 0.6 is 0 Å². The number of aromatic nitrogens is 3. The third kappa shape index (κ3) is 3.98. The summed E-state index contributed by atoms with van der Waals surface area (Å²) in [5, 5.41) is 6.80. The summed E-state index contributed by atoms with van der Waals surface area (Å²) in [7, 11) is 1.78. The van der Waals surface area contributed by atoms with E-state index in [0.717, 1.165) is 0 Å². The Morgan fingerprint density at radius 2 is 2.31 bits per heavy atom. The number of hydrogen-bond donors (Lipinski definition) is 2. The molecule has 0 radical (unpaired) electrons. The van der Waals surface area contributed by atoms with E-state index in [-0.39, 0.29) is 11.9 Å². The molecule has 0 bridgehead atoms. The Balaban J connectivity index is 2.30. The standard InChI is InChI=1S/C10H19N5O/c1-7(2)8(11)4-10(16)12-5-9-13-6-15(3)14-9/h6-8H,4-5,11H2,1-3H3,(H,12,16). The quantitative estimate of drug-likeness (QED) is 0.727. The lowest BCUT2D eigenvalue weighted by molar-refractivity contribution is -0.121. The van der Waals surface area contributed by atoms with Gasteiger partial charge in [-0.05, 0) is 5.92 Å². The molecule has 0 spiro atoms. The first kappa shape index (κ1) is 12.6. The van der Waals surface area contributed by atoms with Crippen LogP contribution in [0.4, 0.5) is 0 Å². The number of nitrogens with zero attached hydrogens (tertiary/aromatic N) is 3. The molecular weight excluding hydrogens is 206 g/mol. The molecule has 6 heteroatoms. The highest BCUT2D eigenvalue weighted by atomic mass is 16.1. The number of amides is 1. The van der Waals surface area contributed by atoms with Gasteiger partial charge in [-0.3, -0.25) is 9.48 Å². The monoisotopic (exact) mass is 225 g/mol. The minimum absolute atomic E-state index is 0.0614. The van der Waals surface area contributed by atoms with Crippen molar-refractivity contribution in [3.63, 3.8) is 0 Å². The molecule has 0 aromatic carbocycles. The molecule has 1 unspecified atom stereocenters. The van der Waals surface area contributed by atoms with E-state index in [4.69, 9.17) is 5.73 Å². The van der Waals surface area contributed by atoms with Gasteiger partial charge in [0.2, 0.25) is 5.91 Å². The smallest absolute Gasteiger partial charge is 0.221 e. The summed E-state index contributed by atoms with van der Waals surface area (Å²) in [6, 6.07) is -0.100. The lowest BCUT2D eigenvalue weighted by Crippen LogP contribution is -2.34. The summed E-state index contributed by atoms with van der Waals surface area (Å²) in [6.45, 7) is 4.35. The first-order valence-corrected chi connectivity index (χ1v) is 5.36. The van der Waals surface area contributed by atoms with Gasteiger partial charge in [-0.15, -0.1) is 0 Å². The highest BCUT2D eigenvalue weighted by Crippen LogP contribution is 2.02. The number of nitrogens with two attached hydrogens (primary N) is 1. The zero-order chi connectivity index (χ0) is 12.1. The Labute approximate surface area is 95.2 Å². The maximum atomic E-state index is 11.5. The number of rotatable bonds is 5. The first-order valence-electron chi connectivity index (χ1n) is 5.36. The summed E-state index contributed by atoms with van der Waals surface area (Å²) in [4.78, 5) is 15.5. The molecule has 90 valence electrons. The second kappa shape index (κ2) is 5.60. The van der Waals surface area contributed by atoms with Gasteiger partial charge in [0.25, 0.3) is 0 Å². The normalized spacial score (nSPS) is 12.8. The van der Waals surface area contributed by atoms with E-state index in [1.54, 1.807) is 18.1 Å². The second-order valence-corrected chi connectivity index (χ2v) is 4.22. The van der Waals surface area contributed by atoms with Crippen LogP contribution in [0.1, 0.15) is 26.1 Å². The molecule has 0 aliphatic heterocycles. The van der Waals surface area contributed by atoms with Gasteiger partial charge in [-0.2, -0.15) is 5.10 Å². The van der Waals surface area contributed by atoms with Gasteiger partial charge in [-0.1, -0.05) is 13.8 Å². The van der Waals surface area contributed by atoms with Crippen molar-refractivity contribution >= 4 is 5.91 Å². The van der Waals surface area contributed by atoms with Crippen molar-refractivity contribution in [1.29, 1.82) is 0 Å². The molecule has 1 aromatic rings. The van der Waals surface area contributed by atoms with Crippen LogP contribution < -0.4 is 11.1 Å². The maximum Gasteiger partial charge on any atom is 0.221 e. The molecule has 16 heavy (non-hydrogen) atoms. The van der Waals surface area contributed by atoms with Crippen molar-refractivity contribution in [2.75, 3.05) is 0 Å². The molecule has 0 aliphatic carbocycles. The van der Waals surface area contributed by atoms with E-state index in [0.29, 0.717) is 24.7 Å². The van der Waals surface area contributed by atoms with E-state index in [2.05, 4.69) is 15.4 Å². The number of carbonyl (C=O) groups excluding carboxylic acids is 1. The third-order valence-corrected chi connectivity index (χ3v) is 2.37. The van der Waals surface area contributed by atoms with E-state index in [1.165, 1.54) is 0 Å². The third-order valence-electron chi connectivity index (χ3n) is 2.37. The van der Waals surface area contributed by atoms with Crippen molar-refractivity contribution in [2.45, 2.75) is 32.9 Å². The van der Waals surface area contributed by atoms with Gasteiger partial charge in [0, 0.05) is 19.5 Å². The summed E-state index contributed by atoms with van der Waals surface area (Å²) >= 11 is 0. The lowest BCUT2D eigenvalue weighted by Gasteiger charge is -2.14. The van der Waals surface area contributed by atoms with E-state index in [9.17, 15) is 4.79 Å². The van der Waals surface area contributed by atoms with Gasteiger partial charge >= 0.3 is 0 Å². The van der Waals surface area contributed by atoms with Crippen LogP contribution in [0.25, 0.3) is 0 Å². The maximum absolute atomic E-state index is 11.5. The molecule has 3 N–H and O–H groups in total. The molecule has 0 fully saturated rings. The zero-order valence-electron chi connectivity index (χ0n) is 9.97. The van der Waals surface area contributed by atoms with Crippen molar-refractivity contribution in [2.24, 2.45) is 18.7 Å². The summed E-state index contributed by atoms with van der Waals surface area (Å²) < 4.78 is 1.60. The molecule has 1 heterocycles. The van der Waals surface area contributed by atoms with Gasteiger partial charge in [0.05, 0.1) is 6.54 Å². The molecule has 1 aromatic heterocycles. The van der Waals surface area contributed by atoms with Crippen LogP contribution in [0.2, 0.25) is 0 Å². The van der Waals surface area contributed by atoms with Crippen LogP contribution in [0.15, 0.2) is 6.33 Å². The van der Waals surface area contributed by atoms with E-state index < -0.39 is 0 Å². The highest BCUT2D eigenvalue weighted by molar-refractivity contribution is 5.76. The molecule has 0 aliphatic rings.